The Kier molecular flexibility index (Phi) is 4.36. The first-order valence-electron chi connectivity index (χ1n) is 3.05. The zero-order chi connectivity index (χ0) is 8.15. The zero-order valence-electron chi connectivity index (χ0n) is 6.19. The lowest BCUT2D eigenvalue weighted by Crippen LogP contribution is -2.08. The van der Waals surface area contributed by atoms with Crippen LogP contribution in [0.2, 0.25) is 0 Å². The molecule has 0 aliphatic heterocycles. The van der Waals surface area contributed by atoms with Gasteiger partial charge in [-0.05, 0) is 21.8 Å². The Bertz CT molecular complexity index is 141. The van der Waals surface area contributed by atoms with Crippen molar-refractivity contribution in [2.75, 3.05) is 6.61 Å². The van der Waals surface area contributed by atoms with Crippen LogP contribution in [0.15, 0.2) is 11.1 Å². The van der Waals surface area contributed by atoms with E-state index in [4.69, 9.17) is 4.74 Å². The molecule has 0 radical (unpaired) electrons. The second kappa shape index (κ2) is 4.50. The molecule has 3 heteroatoms. The summed E-state index contributed by atoms with van der Waals surface area (Å²) in [6, 6.07) is 0. The summed E-state index contributed by atoms with van der Waals surface area (Å²) in [5, 5.41) is 0. The van der Waals surface area contributed by atoms with Gasteiger partial charge in [0.2, 0.25) is 0 Å². The molecule has 58 valence electrons. The number of halogens is 1. The minimum atomic E-state index is -0.381. The van der Waals surface area contributed by atoms with Crippen LogP contribution < -0.4 is 0 Å². The van der Waals surface area contributed by atoms with E-state index in [1.54, 1.807) is 0 Å². The Morgan fingerprint density at radius 3 is 2.50 bits per heavy atom. The maximum Gasteiger partial charge on any atom is 0.344 e. The van der Waals surface area contributed by atoms with Gasteiger partial charge >= 0.3 is 5.97 Å². The van der Waals surface area contributed by atoms with Gasteiger partial charge < -0.3 is 4.74 Å². The summed E-state index contributed by atoms with van der Waals surface area (Å²) in [6.07, 6.45) is 0. The molecule has 0 aromatic heterocycles. The third kappa shape index (κ3) is 4.56. The SMILES string of the molecule is C=C(Br)C(=O)OCC(C)C. The van der Waals surface area contributed by atoms with Gasteiger partial charge in [-0.3, -0.25) is 0 Å². The molecule has 0 unspecified atom stereocenters. The van der Waals surface area contributed by atoms with Crippen molar-refractivity contribution >= 4 is 21.9 Å². The van der Waals surface area contributed by atoms with Crippen molar-refractivity contribution in [2.45, 2.75) is 13.8 Å². The van der Waals surface area contributed by atoms with Gasteiger partial charge in [-0.1, -0.05) is 20.4 Å². The van der Waals surface area contributed by atoms with Gasteiger partial charge in [0.15, 0.2) is 0 Å². The highest BCUT2D eigenvalue weighted by molar-refractivity contribution is 9.12. The second-order valence-electron chi connectivity index (χ2n) is 2.40. The number of carbonyl (C=O) groups is 1. The fourth-order valence-corrected chi connectivity index (χ4v) is 0.435. The lowest BCUT2D eigenvalue weighted by atomic mass is 10.2. The summed E-state index contributed by atoms with van der Waals surface area (Å²) >= 11 is 2.92. The average Bonchev–Trinajstić information content (AvgIpc) is 1.82. The number of rotatable bonds is 3. The van der Waals surface area contributed by atoms with E-state index in [0.29, 0.717) is 12.5 Å². The van der Waals surface area contributed by atoms with Crippen LogP contribution in [0.3, 0.4) is 0 Å². The first-order chi connectivity index (χ1) is 4.54. The smallest absolute Gasteiger partial charge is 0.344 e. The standard InChI is InChI=1S/C7H11BrO2/c1-5(2)4-10-7(9)6(3)8/h5H,3-4H2,1-2H3. The highest BCUT2D eigenvalue weighted by Crippen LogP contribution is 2.04. The minimum Gasteiger partial charge on any atom is -0.461 e. The van der Waals surface area contributed by atoms with Crippen molar-refractivity contribution in [1.82, 2.24) is 0 Å². The summed E-state index contributed by atoms with van der Waals surface area (Å²) in [5.74, 6) is -0.00972. The fourth-order valence-electron chi connectivity index (χ4n) is 0.321. The molecule has 2 nitrogen and oxygen atoms in total. The van der Waals surface area contributed by atoms with Crippen LogP contribution in [-0.2, 0) is 9.53 Å². The molecular formula is C7H11BrO2. The van der Waals surface area contributed by atoms with Crippen LogP contribution in [0.25, 0.3) is 0 Å². The van der Waals surface area contributed by atoms with E-state index in [0.717, 1.165) is 0 Å². The lowest BCUT2D eigenvalue weighted by Gasteiger charge is -2.04. The molecule has 0 heterocycles. The molecule has 0 saturated heterocycles. The Morgan fingerprint density at radius 2 is 2.20 bits per heavy atom. The quantitative estimate of drug-likeness (QED) is 0.523. The van der Waals surface area contributed by atoms with Gasteiger partial charge in [-0.25, -0.2) is 4.79 Å². The molecule has 10 heavy (non-hydrogen) atoms. The molecule has 0 amide bonds. The average molecular weight is 207 g/mol. The van der Waals surface area contributed by atoms with Crippen molar-refractivity contribution < 1.29 is 9.53 Å². The predicted octanol–water partition coefficient (Wildman–Crippen LogP) is 2.09. The van der Waals surface area contributed by atoms with Crippen LogP contribution in [-0.4, -0.2) is 12.6 Å². The molecule has 0 N–H and O–H groups in total. The Morgan fingerprint density at radius 1 is 1.70 bits per heavy atom. The van der Waals surface area contributed by atoms with E-state index in [1.807, 2.05) is 13.8 Å². The first kappa shape index (κ1) is 9.69. The monoisotopic (exact) mass is 206 g/mol. The van der Waals surface area contributed by atoms with Crippen LogP contribution in [0.4, 0.5) is 0 Å². The van der Waals surface area contributed by atoms with Gasteiger partial charge in [0, 0.05) is 0 Å². The zero-order valence-corrected chi connectivity index (χ0v) is 7.77. The highest BCUT2D eigenvalue weighted by atomic mass is 79.9. The number of hydrogen-bond donors (Lipinski definition) is 0. The molecule has 0 atom stereocenters. The van der Waals surface area contributed by atoms with Crippen LogP contribution in [0.1, 0.15) is 13.8 Å². The van der Waals surface area contributed by atoms with E-state index in [-0.39, 0.29) is 10.5 Å². The lowest BCUT2D eigenvalue weighted by molar-refractivity contribution is -0.139. The second-order valence-corrected chi connectivity index (χ2v) is 3.35. The number of carbonyl (C=O) groups excluding carboxylic acids is 1. The predicted molar refractivity (Wildman–Crippen MR) is 43.9 cm³/mol. The molecular weight excluding hydrogens is 196 g/mol. The molecule has 0 spiro atoms. The normalized spacial score (nSPS) is 9.60. The maximum atomic E-state index is 10.7. The molecule has 0 aromatic carbocycles. The topological polar surface area (TPSA) is 26.3 Å². The number of esters is 1. The summed E-state index contributed by atoms with van der Waals surface area (Å²) in [6.45, 7) is 7.78. The van der Waals surface area contributed by atoms with Gasteiger partial charge in [0.05, 0.1) is 11.1 Å². The molecule has 0 fully saturated rings. The van der Waals surface area contributed by atoms with Crippen molar-refractivity contribution in [3.8, 4) is 0 Å². The molecule has 0 bridgehead atoms. The van der Waals surface area contributed by atoms with Crippen LogP contribution in [0, 0.1) is 5.92 Å². The third-order valence-electron chi connectivity index (χ3n) is 0.769. The summed E-state index contributed by atoms with van der Waals surface area (Å²) in [7, 11) is 0. The summed E-state index contributed by atoms with van der Waals surface area (Å²) < 4.78 is 5.05. The van der Waals surface area contributed by atoms with Crippen molar-refractivity contribution in [3.63, 3.8) is 0 Å². The van der Waals surface area contributed by atoms with E-state index in [2.05, 4.69) is 22.5 Å². The number of hydrogen-bond acceptors (Lipinski definition) is 2. The van der Waals surface area contributed by atoms with E-state index in [9.17, 15) is 4.79 Å². The molecule has 0 aromatic rings. The molecule has 0 aliphatic carbocycles. The van der Waals surface area contributed by atoms with Crippen LogP contribution in [0.5, 0.6) is 0 Å². The van der Waals surface area contributed by atoms with Gasteiger partial charge in [-0.15, -0.1) is 0 Å². The number of ether oxygens (including phenoxy) is 1. The Balaban J connectivity index is 3.50. The largest absolute Gasteiger partial charge is 0.461 e. The third-order valence-corrected chi connectivity index (χ3v) is 1.09. The van der Waals surface area contributed by atoms with E-state index >= 15 is 0 Å². The molecule has 0 saturated carbocycles. The summed E-state index contributed by atoms with van der Waals surface area (Å²) in [4.78, 5) is 10.7. The van der Waals surface area contributed by atoms with Crippen molar-refractivity contribution in [1.29, 1.82) is 0 Å². The molecule has 0 rings (SSSR count). The molecule has 0 aliphatic rings. The summed E-state index contributed by atoms with van der Waals surface area (Å²) in [5.41, 5.74) is 0. The van der Waals surface area contributed by atoms with Crippen LogP contribution >= 0.6 is 15.9 Å². The van der Waals surface area contributed by atoms with Gasteiger partial charge in [0.25, 0.3) is 0 Å². The van der Waals surface area contributed by atoms with Crippen molar-refractivity contribution in [2.24, 2.45) is 5.92 Å². The maximum absolute atomic E-state index is 10.7. The van der Waals surface area contributed by atoms with Gasteiger partial charge in [-0.2, -0.15) is 0 Å². The Labute approximate surface area is 69.4 Å². The minimum absolute atomic E-state index is 0.271. The first-order valence-corrected chi connectivity index (χ1v) is 3.85. The fraction of sp³-hybridized carbons (Fsp3) is 0.571. The highest BCUT2D eigenvalue weighted by Gasteiger charge is 2.04. The van der Waals surface area contributed by atoms with Crippen molar-refractivity contribution in [3.05, 3.63) is 11.1 Å². The van der Waals surface area contributed by atoms with E-state index in [1.165, 1.54) is 0 Å². The Hall–Kier alpha value is -0.310. The van der Waals surface area contributed by atoms with E-state index < -0.39 is 0 Å². The van der Waals surface area contributed by atoms with Gasteiger partial charge in [0.1, 0.15) is 0 Å².